The molecule has 3 atom stereocenters. The van der Waals surface area contributed by atoms with Crippen LogP contribution in [-0.2, 0) is 11.3 Å². The Labute approximate surface area is 130 Å². The smallest absolute Gasteiger partial charge is 0.136 e. The second-order valence-electron chi connectivity index (χ2n) is 6.45. The van der Waals surface area contributed by atoms with Crippen LogP contribution in [-0.4, -0.2) is 51.3 Å². The number of hydrogen-bond donors (Lipinski definition) is 1. The van der Waals surface area contributed by atoms with Crippen molar-refractivity contribution in [1.82, 2.24) is 14.3 Å². The van der Waals surface area contributed by atoms with Crippen molar-refractivity contribution < 1.29 is 9.84 Å². The molecule has 0 aromatic carbocycles. The van der Waals surface area contributed by atoms with E-state index in [0.717, 1.165) is 31.6 Å². The van der Waals surface area contributed by atoms with Crippen LogP contribution in [0.1, 0.15) is 25.0 Å². The molecule has 2 saturated heterocycles. The van der Waals surface area contributed by atoms with Crippen LogP contribution in [0, 0.1) is 5.92 Å². The normalized spacial score (nSPS) is 30.1. The summed E-state index contributed by atoms with van der Waals surface area (Å²) in [5.74, 6) is 0.246. The van der Waals surface area contributed by atoms with Gasteiger partial charge in [0.15, 0.2) is 0 Å². The number of aromatic nitrogens is 2. The molecule has 0 aliphatic carbocycles. The quantitative estimate of drug-likeness (QED) is 0.937. The number of likely N-dealkylation sites (tertiary alicyclic amines) is 1. The van der Waals surface area contributed by atoms with Crippen LogP contribution in [0.3, 0.4) is 0 Å². The molecule has 2 aliphatic rings. The van der Waals surface area contributed by atoms with Gasteiger partial charge >= 0.3 is 0 Å². The molecular formula is C17H23N3O2. The summed E-state index contributed by atoms with van der Waals surface area (Å²) in [7, 11) is 0. The van der Waals surface area contributed by atoms with E-state index >= 15 is 0 Å². The number of aliphatic hydroxyl groups excluding tert-OH is 1. The number of nitrogens with zero attached hydrogens (tertiary/aromatic N) is 3. The van der Waals surface area contributed by atoms with Crippen LogP contribution in [0.4, 0.5) is 0 Å². The van der Waals surface area contributed by atoms with Gasteiger partial charge in [0.2, 0.25) is 0 Å². The van der Waals surface area contributed by atoms with Gasteiger partial charge in [0, 0.05) is 31.3 Å². The predicted molar refractivity (Wildman–Crippen MR) is 83.6 cm³/mol. The summed E-state index contributed by atoms with van der Waals surface area (Å²) in [6.45, 7) is 3.36. The van der Waals surface area contributed by atoms with E-state index in [1.54, 1.807) is 0 Å². The Balaban J connectivity index is 1.54. The Hall–Kier alpha value is -1.43. The van der Waals surface area contributed by atoms with Crippen molar-refractivity contribution in [3.05, 3.63) is 36.3 Å². The zero-order valence-corrected chi connectivity index (χ0v) is 12.8. The van der Waals surface area contributed by atoms with Gasteiger partial charge in [-0.15, -0.1) is 0 Å². The molecule has 4 rings (SSSR count). The minimum absolute atomic E-state index is 0.221. The maximum Gasteiger partial charge on any atom is 0.136 e. The lowest BCUT2D eigenvalue weighted by atomic mass is 9.89. The third-order valence-corrected chi connectivity index (χ3v) is 5.13. The van der Waals surface area contributed by atoms with Gasteiger partial charge in [-0.05, 0) is 37.9 Å². The molecule has 1 N–H and O–H groups in total. The third kappa shape index (κ3) is 2.53. The van der Waals surface area contributed by atoms with Crippen molar-refractivity contribution in [2.24, 2.45) is 5.92 Å². The highest BCUT2D eigenvalue weighted by Crippen LogP contribution is 2.31. The number of imidazole rings is 1. The fourth-order valence-electron chi connectivity index (χ4n) is 3.96. The first kappa shape index (κ1) is 14.2. The average molecular weight is 301 g/mol. The van der Waals surface area contributed by atoms with Crippen LogP contribution >= 0.6 is 0 Å². The number of ether oxygens (including phenoxy) is 1. The average Bonchev–Trinajstić information content (AvgIpc) is 3.16. The van der Waals surface area contributed by atoms with Crippen LogP contribution in [0.2, 0.25) is 0 Å². The highest BCUT2D eigenvalue weighted by atomic mass is 16.5. The Bertz CT molecular complexity index is 642. The van der Waals surface area contributed by atoms with E-state index < -0.39 is 0 Å². The lowest BCUT2D eigenvalue weighted by Gasteiger charge is -2.36. The van der Waals surface area contributed by atoms with E-state index in [-0.39, 0.29) is 12.0 Å². The van der Waals surface area contributed by atoms with Gasteiger partial charge in [0.05, 0.1) is 24.6 Å². The summed E-state index contributed by atoms with van der Waals surface area (Å²) in [6, 6.07) is 6.51. The highest BCUT2D eigenvalue weighted by Gasteiger charge is 2.37. The van der Waals surface area contributed by atoms with E-state index in [1.807, 2.05) is 24.4 Å². The summed E-state index contributed by atoms with van der Waals surface area (Å²) in [5, 5.41) is 10.3. The monoisotopic (exact) mass is 301 g/mol. The molecule has 5 nitrogen and oxygen atoms in total. The predicted octanol–water partition coefficient (Wildman–Crippen LogP) is 1.70. The molecule has 0 radical (unpaired) electrons. The summed E-state index contributed by atoms with van der Waals surface area (Å²) < 4.78 is 7.77. The van der Waals surface area contributed by atoms with E-state index in [4.69, 9.17) is 4.74 Å². The third-order valence-electron chi connectivity index (χ3n) is 5.13. The number of pyridine rings is 1. The SMILES string of the molecule is OC1CCOCC1C1CCCN1Cc1cnc2ccccn12. The van der Waals surface area contributed by atoms with Crippen molar-refractivity contribution in [3.63, 3.8) is 0 Å². The lowest BCUT2D eigenvalue weighted by molar-refractivity contribution is -0.0637. The van der Waals surface area contributed by atoms with Crippen molar-refractivity contribution in [2.75, 3.05) is 19.8 Å². The first-order chi connectivity index (χ1) is 10.8. The molecule has 118 valence electrons. The molecule has 5 heteroatoms. The number of aliphatic hydroxyl groups is 1. The molecule has 3 unspecified atom stereocenters. The maximum absolute atomic E-state index is 10.3. The Morgan fingerprint density at radius 1 is 1.32 bits per heavy atom. The molecule has 2 aromatic heterocycles. The molecule has 2 aliphatic heterocycles. The number of fused-ring (bicyclic) bond motifs is 1. The van der Waals surface area contributed by atoms with Gasteiger partial charge in [-0.3, -0.25) is 4.90 Å². The van der Waals surface area contributed by atoms with Crippen molar-refractivity contribution in [3.8, 4) is 0 Å². The Morgan fingerprint density at radius 3 is 3.18 bits per heavy atom. The minimum atomic E-state index is -0.221. The van der Waals surface area contributed by atoms with Gasteiger partial charge in [-0.2, -0.15) is 0 Å². The molecule has 0 saturated carbocycles. The highest BCUT2D eigenvalue weighted by molar-refractivity contribution is 5.39. The summed E-state index contributed by atoms with van der Waals surface area (Å²) in [6.07, 6.45) is 6.94. The first-order valence-corrected chi connectivity index (χ1v) is 8.24. The first-order valence-electron chi connectivity index (χ1n) is 8.24. The fourth-order valence-corrected chi connectivity index (χ4v) is 3.96. The largest absolute Gasteiger partial charge is 0.393 e. The second-order valence-corrected chi connectivity index (χ2v) is 6.45. The van der Waals surface area contributed by atoms with E-state index in [2.05, 4.69) is 20.5 Å². The van der Waals surface area contributed by atoms with Gasteiger partial charge < -0.3 is 14.2 Å². The van der Waals surface area contributed by atoms with Crippen LogP contribution in [0.15, 0.2) is 30.6 Å². The zero-order chi connectivity index (χ0) is 14.9. The van der Waals surface area contributed by atoms with E-state index in [0.29, 0.717) is 19.3 Å². The molecule has 22 heavy (non-hydrogen) atoms. The number of hydrogen-bond acceptors (Lipinski definition) is 4. The van der Waals surface area contributed by atoms with E-state index in [9.17, 15) is 5.11 Å². The molecule has 0 spiro atoms. The summed E-state index contributed by atoms with van der Waals surface area (Å²) >= 11 is 0. The molecule has 0 amide bonds. The zero-order valence-electron chi connectivity index (χ0n) is 12.8. The lowest BCUT2D eigenvalue weighted by Crippen LogP contribution is -2.45. The molecule has 0 bridgehead atoms. The summed E-state index contributed by atoms with van der Waals surface area (Å²) in [5.41, 5.74) is 2.21. The minimum Gasteiger partial charge on any atom is -0.393 e. The van der Waals surface area contributed by atoms with Crippen molar-refractivity contribution in [2.45, 2.75) is 38.0 Å². The maximum atomic E-state index is 10.3. The standard InChI is InChI=1S/C17H23N3O2/c21-16-6-9-22-12-14(16)15-4-3-7-19(15)11-13-10-18-17-5-1-2-8-20(13)17/h1-2,5,8,10,14-16,21H,3-4,6-7,9,11-12H2. The fraction of sp³-hybridized carbons (Fsp3) is 0.588. The van der Waals surface area contributed by atoms with Gasteiger partial charge in [0.25, 0.3) is 0 Å². The molecule has 2 fully saturated rings. The van der Waals surface area contributed by atoms with Gasteiger partial charge in [0.1, 0.15) is 5.65 Å². The number of rotatable bonds is 3. The Morgan fingerprint density at radius 2 is 2.27 bits per heavy atom. The van der Waals surface area contributed by atoms with Crippen molar-refractivity contribution in [1.29, 1.82) is 0 Å². The van der Waals surface area contributed by atoms with E-state index in [1.165, 1.54) is 12.1 Å². The van der Waals surface area contributed by atoms with Gasteiger partial charge in [-0.1, -0.05) is 6.07 Å². The van der Waals surface area contributed by atoms with Crippen LogP contribution in [0.5, 0.6) is 0 Å². The Kier molecular flexibility index (Phi) is 3.86. The molecule has 2 aromatic rings. The topological polar surface area (TPSA) is 50.0 Å². The summed E-state index contributed by atoms with van der Waals surface area (Å²) in [4.78, 5) is 6.97. The van der Waals surface area contributed by atoms with Crippen molar-refractivity contribution >= 4 is 5.65 Å². The van der Waals surface area contributed by atoms with Crippen LogP contribution < -0.4 is 0 Å². The second kappa shape index (κ2) is 5.99. The van der Waals surface area contributed by atoms with Crippen LogP contribution in [0.25, 0.3) is 5.65 Å². The molecular weight excluding hydrogens is 278 g/mol. The molecule has 4 heterocycles. The van der Waals surface area contributed by atoms with Gasteiger partial charge in [-0.25, -0.2) is 4.98 Å².